The van der Waals surface area contributed by atoms with Crippen LogP contribution in [0.3, 0.4) is 0 Å². The van der Waals surface area contributed by atoms with Crippen molar-refractivity contribution in [2.75, 3.05) is 31.1 Å². The highest BCUT2D eigenvalue weighted by Crippen LogP contribution is 2.34. The maximum absolute atomic E-state index is 13.0. The number of benzene rings is 1. The summed E-state index contributed by atoms with van der Waals surface area (Å²) >= 11 is 0. The van der Waals surface area contributed by atoms with E-state index in [1.54, 1.807) is 0 Å². The van der Waals surface area contributed by atoms with Crippen LogP contribution < -0.4 is 4.90 Å². The minimum atomic E-state index is -0.0633. The lowest BCUT2D eigenvalue weighted by atomic mass is 10.1. The number of nitrogens with zero attached hydrogens (tertiary/aromatic N) is 3. The van der Waals surface area contributed by atoms with E-state index in [0.29, 0.717) is 13.1 Å². The van der Waals surface area contributed by atoms with E-state index in [2.05, 4.69) is 10.1 Å². The van der Waals surface area contributed by atoms with Gasteiger partial charge in [-0.1, -0.05) is 49.3 Å². The molecule has 2 aromatic rings. The fourth-order valence-corrected chi connectivity index (χ4v) is 4.26. The standard InChI is InChI=1S/C23H31N3O3/c1-17(2)22(27)26(15-19-11-8-14-28-19)16-20-21(18-9-4-3-5-10-18)24-29-23(20)25-12-6-7-13-25/h3-5,9-10,17,19H,6-8,11-16H2,1-2H3/t19-/m1/s1. The largest absolute Gasteiger partial charge is 0.376 e. The maximum atomic E-state index is 13.0. The van der Waals surface area contributed by atoms with Crippen molar-refractivity contribution in [2.45, 2.75) is 52.2 Å². The highest BCUT2D eigenvalue weighted by molar-refractivity contribution is 5.79. The van der Waals surface area contributed by atoms with Gasteiger partial charge < -0.3 is 19.1 Å². The van der Waals surface area contributed by atoms with Gasteiger partial charge in [-0.2, -0.15) is 0 Å². The zero-order chi connectivity index (χ0) is 20.2. The lowest BCUT2D eigenvalue weighted by Crippen LogP contribution is -2.39. The molecule has 2 fully saturated rings. The Kier molecular flexibility index (Phi) is 6.19. The molecule has 29 heavy (non-hydrogen) atoms. The van der Waals surface area contributed by atoms with E-state index in [1.165, 1.54) is 0 Å². The van der Waals surface area contributed by atoms with Gasteiger partial charge in [-0.25, -0.2) is 0 Å². The van der Waals surface area contributed by atoms with Crippen LogP contribution in [0.1, 0.15) is 45.1 Å². The average molecular weight is 398 g/mol. The number of ether oxygens (including phenoxy) is 1. The Labute approximate surface area is 172 Å². The number of hydrogen-bond acceptors (Lipinski definition) is 5. The molecule has 0 spiro atoms. The second kappa shape index (κ2) is 8.99. The van der Waals surface area contributed by atoms with E-state index in [9.17, 15) is 4.79 Å². The van der Waals surface area contributed by atoms with Crippen LogP contribution in [0, 0.1) is 5.92 Å². The van der Waals surface area contributed by atoms with E-state index in [4.69, 9.17) is 9.26 Å². The molecule has 6 heteroatoms. The maximum Gasteiger partial charge on any atom is 0.232 e. The molecule has 0 bridgehead atoms. The van der Waals surface area contributed by atoms with Crippen LogP contribution in [0.4, 0.5) is 5.88 Å². The lowest BCUT2D eigenvalue weighted by Gasteiger charge is -2.28. The fourth-order valence-electron chi connectivity index (χ4n) is 4.26. The summed E-state index contributed by atoms with van der Waals surface area (Å²) in [5.74, 6) is 0.898. The van der Waals surface area contributed by atoms with Crippen molar-refractivity contribution in [1.82, 2.24) is 10.1 Å². The van der Waals surface area contributed by atoms with Gasteiger partial charge in [0, 0.05) is 37.7 Å². The SMILES string of the molecule is CC(C)C(=O)N(Cc1c(-c2ccccc2)noc1N1CCCC1)C[C@H]1CCCO1. The van der Waals surface area contributed by atoms with Crippen molar-refractivity contribution in [3.05, 3.63) is 35.9 Å². The molecular formula is C23H31N3O3. The zero-order valence-electron chi connectivity index (χ0n) is 17.5. The summed E-state index contributed by atoms with van der Waals surface area (Å²) in [7, 11) is 0. The smallest absolute Gasteiger partial charge is 0.232 e. The summed E-state index contributed by atoms with van der Waals surface area (Å²) in [6.45, 7) is 7.76. The van der Waals surface area contributed by atoms with Crippen LogP contribution in [0.25, 0.3) is 11.3 Å². The van der Waals surface area contributed by atoms with Gasteiger partial charge in [0.2, 0.25) is 11.8 Å². The highest BCUT2D eigenvalue weighted by Gasteiger charge is 2.30. The lowest BCUT2D eigenvalue weighted by molar-refractivity contribution is -0.136. The van der Waals surface area contributed by atoms with Crippen molar-refractivity contribution in [1.29, 1.82) is 0 Å². The first kappa shape index (κ1) is 20.0. The summed E-state index contributed by atoms with van der Waals surface area (Å²) in [6.07, 6.45) is 4.51. The van der Waals surface area contributed by atoms with E-state index in [0.717, 1.165) is 68.1 Å². The second-order valence-electron chi connectivity index (χ2n) is 8.38. The van der Waals surface area contributed by atoms with Gasteiger partial charge in [0.1, 0.15) is 5.69 Å². The highest BCUT2D eigenvalue weighted by atomic mass is 16.5. The minimum Gasteiger partial charge on any atom is -0.376 e. The van der Waals surface area contributed by atoms with Crippen LogP contribution in [0.2, 0.25) is 0 Å². The topological polar surface area (TPSA) is 58.8 Å². The Hall–Kier alpha value is -2.34. The van der Waals surface area contributed by atoms with Gasteiger partial charge in [-0.05, 0) is 25.7 Å². The molecule has 0 saturated carbocycles. The Balaban J connectivity index is 1.67. The van der Waals surface area contributed by atoms with E-state index < -0.39 is 0 Å². The van der Waals surface area contributed by atoms with Crippen molar-refractivity contribution in [2.24, 2.45) is 5.92 Å². The van der Waals surface area contributed by atoms with Crippen LogP contribution >= 0.6 is 0 Å². The molecule has 2 saturated heterocycles. The van der Waals surface area contributed by atoms with Gasteiger partial charge >= 0.3 is 0 Å². The molecule has 4 rings (SSSR count). The van der Waals surface area contributed by atoms with E-state index in [1.807, 2.05) is 49.1 Å². The van der Waals surface area contributed by atoms with Gasteiger partial charge in [-0.15, -0.1) is 0 Å². The third kappa shape index (κ3) is 4.47. The molecular weight excluding hydrogens is 366 g/mol. The molecule has 0 radical (unpaired) electrons. The molecule has 2 aliphatic rings. The Morgan fingerprint density at radius 2 is 1.97 bits per heavy atom. The summed E-state index contributed by atoms with van der Waals surface area (Å²) in [5.41, 5.74) is 2.86. The van der Waals surface area contributed by atoms with Gasteiger partial charge in [0.25, 0.3) is 0 Å². The molecule has 1 aromatic carbocycles. The molecule has 3 heterocycles. The fraction of sp³-hybridized carbons (Fsp3) is 0.565. The van der Waals surface area contributed by atoms with Gasteiger partial charge in [-0.3, -0.25) is 4.79 Å². The van der Waals surface area contributed by atoms with Crippen molar-refractivity contribution >= 4 is 11.8 Å². The number of carbonyl (C=O) groups is 1. The number of hydrogen-bond donors (Lipinski definition) is 0. The Morgan fingerprint density at radius 1 is 1.21 bits per heavy atom. The summed E-state index contributed by atoms with van der Waals surface area (Å²) < 4.78 is 11.7. The van der Waals surface area contributed by atoms with Crippen LogP contribution in [0.5, 0.6) is 0 Å². The van der Waals surface area contributed by atoms with Gasteiger partial charge in [0.05, 0.1) is 18.2 Å². The Morgan fingerprint density at radius 3 is 2.62 bits per heavy atom. The first-order chi connectivity index (χ1) is 14.1. The molecule has 1 amide bonds. The van der Waals surface area contributed by atoms with Crippen LogP contribution in [-0.4, -0.2) is 48.3 Å². The van der Waals surface area contributed by atoms with Gasteiger partial charge in [0.15, 0.2) is 0 Å². The summed E-state index contributed by atoms with van der Waals surface area (Å²) in [5, 5.41) is 4.43. The van der Waals surface area contributed by atoms with Crippen molar-refractivity contribution in [3.8, 4) is 11.3 Å². The van der Waals surface area contributed by atoms with E-state index >= 15 is 0 Å². The number of rotatable bonds is 7. The first-order valence-electron chi connectivity index (χ1n) is 10.8. The second-order valence-corrected chi connectivity index (χ2v) is 8.38. The minimum absolute atomic E-state index is 0.0633. The summed E-state index contributed by atoms with van der Waals surface area (Å²) in [4.78, 5) is 17.2. The molecule has 6 nitrogen and oxygen atoms in total. The molecule has 1 atom stereocenters. The monoisotopic (exact) mass is 397 g/mol. The Bertz CT molecular complexity index is 806. The normalized spacial score (nSPS) is 19.3. The third-order valence-corrected chi connectivity index (χ3v) is 5.81. The van der Waals surface area contributed by atoms with Crippen molar-refractivity contribution in [3.63, 3.8) is 0 Å². The molecule has 0 unspecified atom stereocenters. The molecule has 2 aliphatic heterocycles. The predicted octanol–water partition coefficient (Wildman–Crippen LogP) is 4.11. The number of amides is 1. The summed E-state index contributed by atoms with van der Waals surface area (Å²) in [6, 6.07) is 10.1. The first-order valence-corrected chi connectivity index (χ1v) is 10.8. The molecule has 1 aromatic heterocycles. The number of anilines is 1. The quantitative estimate of drug-likeness (QED) is 0.704. The molecule has 0 aliphatic carbocycles. The zero-order valence-corrected chi connectivity index (χ0v) is 17.5. The van der Waals surface area contributed by atoms with E-state index in [-0.39, 0.29) is 17.9 Å². The number of carbonyl (C=O) groups excluding carboxylic acids is 1. The van der Waals surface area contributed by atoms with Crippen LogP contribution in [0.15, 0.2) is 34.9 Å². The average Bonchev–Trinajstić information content (AvgIpc) is 3.49. The predicted molar refractivity (Wildman–Crippen MR) is 113 cm³/mol. The molecule has 156 valence electrons. The number of aromatic nitrogens is 1. The molecule has 0 N–H and O–H groups in total. The van der Waals surface area contributed by atoms with Crippen LogP contribution in [-0.2, 0) is 16.1 Å². The van der Waals surface area contributed by atoms with Crippen molar-refractivity contribution < 1.29 is 14.1 Å². The third-order valence-electron chi connectivity index (χ3n) is 5.81.